The van der Waals surface area contributed by atoms with Crippen LogP contribution in [0.5, 0.6) is 0 Å². The van der Waals surface area contributed by atoms with Gasteiger partial charge < -0.3 is 5.32 Å². The number of aromatic nitrogens is 1. The topological polar surface area (TPSA) is 24.9 Å². The van der Waals surface area contributed by atoms with Crippen LogP contribution in [-0.2, 0) is 6.42 Å². The maximum Gasteiger partial charge on any atom is 0.0705 e. The summed E-state index contributed by atoms with van der Waals surface area (Å²) in [5.74, 6) is 1.26. The van der Waals surface area contributed by atoms with E-state index in [0.717, 1.165) is 18.5 Å². The Hall–Kier alpha value is -1.41. The third-order valence-electron chi connectivity index (χ3n) is 4.11. The van der Waals surface area contributed by atoms with E-state index in [1.165, 1.54) is 11.1 Å². The van der Waals surface area contributed by atoms with Gasteiger partial charge in [-0.05, 0) is 57.7 Å². The van der Waals surface area contributed by atoms with Crippen molar-refractivity contribution in [2.24, 2.45) is 11.8 Å². The molecule has 1 heterocycles. The summed E-state index contributed by atoms with van der Waals surface area (Å²) in [6.45, 7) is 12.4. The van der Waals surface area contributed by atoms with E-state index in [0.29, 0.717) is 11.8 Å². The smallest absolute Gasteiger partial charge is 0.0705 e. The number of fused-ring (bicyclic) bond motifs is 1. The molecule has 0 aliphatic rings. The highest BCUT2D eigenvalue weighted by Crippen LogP contribution is 2.19. The third kappa shape index (κ3) is 4.82. The van der Waals surface area contributed by atoms with E-state index in [9.17, 15) is 0 Å². The Balaban J connectivity index is 1.98. The minimum Gasteiger partial charge on any atom is -0.312 e. The van der Waals surface area contributed by atoms with E-state index >= 15 is 0 Å². The van der Waals surface area contributed by atoms with Crippen molar-refractivity contribution in [2.75, 3.05) is 6.54 Å². The molecule has 0 radical (unpaired) electrons. The van der Waals surface area contributed by atoms with Crippen LogP contribution < -0.4 is 5.32 Å². The first-order chi connectivity index (χ1) is 9.85. The van der Waals surface area contributed by atoms with Crippen LogP contribution in [0.15, 0.2) is 36.4 Å². The average molecular weight is 284 g/mol. The van der Waals surface area contributed by atoms with Gasteiger partial charge in [-0.25, -0.2) is 0 Å². The SMILES string of the molecule is CC(CNC(C)(C)C)C(C)Cc1ccc2ccccc2n1. The lowest BCUT2D eigenvalue weighted by Gasteiger charge is -2.26. The second kappa shape index (κ2) is 6.57. The molecule has 0 spiro atoms. The zero-order chi connectivity index (χ0) is 15.5. The molecule has 0 saturated heterocycles. The van der Waals surface area contributed by atoms with E-state index in [-0.39, 0.29) is 5.54 Å². The molecule has 21 heavy (non-hydrogen) atoms. The number of nitrogens with zero attached hydrogens (tertiary/aromatic N) is 1. The van der Waals surface area contributed by atoms with Crippen LogP contribution in [0.2, 0.25) is 0 Å². The van der Waals surface area contributed by atoms with Crippen molar-refractivity contribution in [2.45, 2.75) is 46.6 Å². The fourth-order valence-corrected chi connectivity index (χ4v) is 2.42. The van der Waals surface area contributed by atoms with E-state index in [2.05, 4.69) is 76.3 Å². The van der Waals surface area contributed by atoms with Gasteiger partial charge in [-0.15, -0.1) is 0 Å². The van der Waals surface area contributed by atoms with Crippen LogP contribution >= 0.6 is 0 Å². The van der Waals surface area contributed by atoms with Crippen LogP contribution in [-0.4, -0.2) is 17.1 Å². The number of nitrogens with one attached hydrogen (secondary N) is 1. The van der Waals surface area contributed by atoms with Crippen molar-refractivity contribution in [3.05, 3.63) is 42.1 Å². The summed E-state index contributed by atoms with van der Waals surface area (Å²) in [5, 5.41) is 4.82. The summed E-state index contributed by atoms with van der Waals surface area (Å²) >= 11 is 0. The van der Waals surface area contributed by atoms with Crippen LogP contribution in [0.25, 0.3) is 10.9 Å². The van der Waals surface area contributed by atoms with Crippen LogP contribution in [0, 0.1) is 11.8 Å². The van der Waals surface area contributed by atoms with Gasteiger partial charge in [-0.2, -0.15) is 0 Å². The predicted octanol–water partition coefficient (Wildman–Crippen LogP) is 4.44. The first-order valence-electron chi connectivity index (χ1n) is 7.95. The molecule has 2 heteroatoms. The summed E-state index contributed by atoms with van der Waals surface area (Å²) in [6, 6.07) is 12.7. The van der Waals surface area contributed by atoms with Gasteiger partial charge in [0.25, 0.3) is 0 Å². The molecule has 2 aromatic rings. The van der Waals surface area contributed by atoms with Gasteiger partial charge in [-0.1, -0.05) is 38.1 Å². The fourth-order valence-electron chi connectivity index (χ4n) is 2.42. The van der Waals surface area contributed by atoms with E-state index in [1.807, 2.05) is 0 Å². The molecule has 1 N–H and O–H groups in total. The predicted molar refractivity (Wildman–Crippen MR) is 91.5 cm³/mol. The van der Waals surface area contributed by atoms with Crippen LogP contribution in [0.1, 0.15) is 40.3 Å². The second-order valence-electron chi connectivity index (χ2n) is 7.28. The van der Waals surface area contributed by atoms with E-state index < -0.39 is 0 Å². The number of para-hydroxylation sites is 1. The lowest BCUT2D eigenvalue weighted by atomic mass is 9.90. The molecule has 114 valence electrons. The van der Waals surface area contributed by atoms with Gasteiger partial charge >= 0.3 is 0 Å². The molecule has 0 aliphatic carbocycles. The van der Waals surface area contributed by atoms with Crippen molar-refractivity contribution >= 4 is 10.9 Å². The zero-order valence-corrected chi connectivity index (χ0v) is 14.0. The van der Waals surface area contributed by atoms with Gasteiger partial charge in [0.1, 0.15) is 0 Å². The number of hydrogen-bond donors (Lipinski definition) is 1. The summed E-state index contributed by atoms with van der Waals surface area (Å²) in [6.07, 6.45) is 1.04. The van der Waals surface area contributed by atoms with Gasteiger partial charge in [0.05, 0.1) is 5.52 Å². The summed E-state index contributed by atoms with van der Waals surface area (Å²) in [4.78, 5) is 4.79. The third-order valence-corrected chi connectivity index (χ3v) is 4.11. The molecule has 2 atom stereocenters. The largest absolute Gasteiger partial charge is 0.312 e. The van der Waals surface area contributed by atoms with Crippen LogP contribution in [0.4, 0.5) is 0 Å². The molecule has 0 fully saturated rings. The Kier molecular flexibility index (Phi) is 5.00. The fraction of sp³-hybridized carbons (Fsp3) is 0.526. The minimum absolute atomic E-state index is 0.190. The molecule has 2 rings (SSSR count). The average Bonchev–Trinajstić information content (AvgIpc) is 2.43. The summed E-state index contributed by atoms with van der Waals surface area (Å²) < 4.78 is 0. The molecule has 0 bridgehead atoms. The van der Waals surface area contributed by atoms with Crippen molar-refractivity contribution in [1.29, 1.82) is 0 Å². The molecule has 0 amide bonds. The highest BCUT2D eigenvalue weighted by molar-refractivity contribution is 5.78. The summed E-state index contributed by atoms with van der Waals surface area (Å²) in [5.41, 5.74) is 2.49. The molecule has 0 aliphatic heterocycles. The van der Waals surface area contributed by atoms with Crippen molar-refractivity contribution < 1.29 is 0 Å². The molecular formula is C19H28N2. The molecule has 1 aromatic heterocycles. The van der Waals surface area contributed by atoms with Crippen LogP contribution in [0.3, 0.4) is 0 Å². The highest BCUT2D eigenvalue weighted by atomic mass is 14.9. The van der Waals surface area contributed by atoms with Gasteiger partial charge in [-0.3, -0.25) is 4.98 Å². The van der Waals surface area contributed by atoms with Crippen molar-refractivity contribution in [1.82, 2.24) is 10.3 Å². The normalized spacial score (nSPS) is 15.1. The maximum atomic E-state index is 4.79. The Morgan fingerprint density at radius 2 is 1.71 bits per heavy atom. The lowest BCUT2D eigenvalue weighted by Crippen LogP contribution is -2.40. The molecule has 2 unspecified atom stereocenters. The maximum absolute atomic E-state index is 4.79. The zero-order valence-electron chi connectivity index (χ0n) is 14.0. The van der Waals surface area contributed by atoms with Gasteiger partial charge in [0.2, 0.25) is 0 Å². The number of benzene rings is 1. The van der Waals surface area contributed by atoms with Gasteiger partial charge in [0, 0.05) is 16.6 Å². The minimum atomic E-state index is 0.190. The number of rotatable bonds is 5. The number of hydrogen-bond acceptors (Lipinski definition) is 2. The Morgan fingerprint density at radius 3 is 2.43 bits per heavy atom. The first-order valence-corrected chi connectivity index (χ1v) is 7.95. The molecule has 2 nitrogen and oxygen atoms in total. The van der Waals surface area contributed by atoms with Crippen molar-refractivity contribution in [3.8, 4) is 0 Å². The summed E-state index contributed by atoms with van der Waals surface area (Å²) in [7, 11) is 0. The quantitative estimate of drug-likeness (QED) is 0.878. The standard InChI is InChI=1S/C19H28N2/c1-14(15(2)13-20-19(3,4)5)12-17-11-10-16-8-6-7-9-18(16)21-17/h6-11,14-15,20H,12-13H2,1-5H3. The monoisotopic (exact) mass is 284 g/mol. The Bertz CT molecular complexity index is 583. The Labute approximate surface area is 129 Å². The molecule has 0 saturated carbocycles. The van der Waals surface area contributed by atoms with E-state index in [4.69, 9.17) is 4.98 Å². The Morgan fingerprint density at radius 1 is 1.00 bits per heavy atom. The first kappa shape index (κ1) is 16.0. The number of pyridine rings is 1. The lowest BCUT2D eigenvalue weighted by molar-refractivity contribution is 0.316. The van der Waals surface area contributed by atoms with E-state index in [1.54, 1.807) is 0 Å². The molecular weight excluding hydrogens is 256 g/mol. The highest BCUT2D eigenvalue weighted by Gasteiger charge is 2.16. The molecule has 1 aromatic carbocycles. The van der Waals surface area contributed by atoms with Crippen molar-refractivity contribution in [3.63, 3.8) is 0 Å². The van der Waals surface area contributed by atoms with Gasteiger partial charge in [0.15, 0.2) is 0 Å². The second-order valence-corrected chi connectivity index (χ2v) is 7.28.